The van der Waals surface area contributed by atoms with Crippen LogP contribution in [0.15, 0.2) is 17.0 Å². The molecule has 0 aliphatic heterocycles. The maximum atomic E-state index is 14.6. The minimum atomic E-state index is -6.38. The van der Waals surface area contributed by atoms with Crippen LogP contribution in [0.4, 0.5) is 30.7 Å². The van der Waals surface area contributed by atoms with Crippen molar-refractivity contribution in [1.29, 1.82) is 0 Å². The van der Waals surface area contributed by atoms with Gasteiger partial charge in [-0.15, -0.1) is 0 Å². The Morgan fingerprint density at radius 1 is 1.04 bits per heavy atom. The van der Waals surface area contributed by atoms with Crippen LogP contribution in [0.5, 0.6) is 0 Å². The molecular formula is C16H17F7O3S. The average molecular weight is 422 g/mol. The van der Waals surface area contributed by atoms with Crippen LogP contribution >= 0.6 is 0 Å². The molecule has 0 heterocycles. The molecule has 0 aliphatic carbocycles. The summed E-state index contributed by atoms with van der Waals surface area (Å²) in [5.41, 5.74) is -8.78. The molecule has 1 N–H and O–H groups in total. The van der Waals surface area contributed by atoms with Gasteiger partial charge in [0.05, 0.1) is 16.4 Å². The molecular weight excluding hydrogens is 405 g/mol. The van der Waals surface area contributed by atoms with Gasteiger partial charge in [0.2, 0.25) is 0 Å². The zero-order valence-corrected chi connectivity index (χ0v) is 15.1. The number of carboxylic acid groups (broad SMARTS) is 1. The number of alkyl halides is 7. The van der Waals surface area contributed by atoms with Crippen LogP contribution in [0.1, 0.15) is 48.2 Å². The highest BCUT2D eigenvalue weighted by Crippen LogP contribution is 2.55. The molecule has 0 bridgehead atoms. The summed E-state index contributed by atoms with van der Waals surface area (Å²) in [6.07, 6.45) is -12.5. The van der Waals surface area contributed by atoms with Crippen molar-refractivity contribution in [1.82, 2.24) is 0 Å². The molecule has 1 atom stereocenters. The maximum Gasteiger partial charge on any atom is 0.435 e. The first-order valence-corrected chi connectivity index (χ1v) is 9.16. The molecule has 0 radical (unpaired) electrons. The van der Waals surface area contributed by atoms with Crippen LogP contribution in [-0.2, 0) is 22.9 Å². The van der Waals surface area contributed by atoms with E-state index in [1.54, 1.807) is 6.92 Å². The predicted molar refractivity (Wildman–Crippen MR) is 83.9 cm³/mol. The number of benzene rings is 1. The van der Waals surface area contributed by atoms with E-state index in [1.165, 1.54) is 6.92 Å². The Kier molecular flexibility index (Phi) is 7.06. The third-order valence-corrected chi connectivity index (χ3v) is 5.49. The molecule has 0 saturated heterocycles. The van der Waals surface area contributed by atoms with Crippen molar-refractivity contribution < 1.29 is 44.8 Å². The highest BCUT2D eigenvalue weighted by molar-refractivity contribution is 7.85. The molecule has 0 saturated carbocycles. The number of hydrogen-bond acceptors (Lipinski definition) is 2. The van der Waals surface area contributed by atoms with Gasteiger partial charge in [0.1, 0.15) is 0 Å². The van der Waals surface area contributed by atoms with E-state index in [2.05, 4.69) is 0 Å². The SMILES string of the molecule is CCCCS(=O)c1c(C(F)(C(F)(F)F)C(F)(F)F)ccc(C(=O)O)c1CC. The second-order valence-corrected chi connectivity index (χ2v) is 7.19. The Balaban J connectivity index is 3.97. The number of carbonyl (C=O) groups is 1. The molecule has 1 aromatic rings. The number of hydrogen-bond donors (Lipinski definition) is 1. The normalized spacial score (nSPS) is 14.3. The van der Waals surface area contributed by atoms with Crippen molar-refractivity contribution >= 4 is 16.8 Å². The lowest BCUT2D eigenvalue weighted by molar-refractivity contribution is -0.349. The summed E-state index contributed by atoms with van der Waals surface area (Å²) < 4.78 is 106. The van der Waals surface area contributed by atoms with Gasteiger partial charge in [0, 0.05) is 16.2 Å². The lowest BCUT2D eigenvalue weighted by Gasteiger charge is -2.32. The fraction of sp³-hybridized carbons (Fsp3) is 0.562. The van der Waals surface area contributed by atoms with Crippen LogP contribution < -0.4 is 0 Å². The Labute approximate surface area is 153 Å². The molecule has 0 spiro atoms. The van der Waals surface area contributed by atoms with Crippen molar-refractivity contribution in [2.75, 3.05) is 5.75 Å². The van der Waals surface area contributed by atoms with E-state index < -0.39 is 56.4 Å². The van der Waals surface area contributed by atoms with Crippen molar-refractivity contribution in [2.45, 2.75) is 56.0 Å². The van der Waals surface area contributed by atoms with Crippen molar-refractivity contribution in [2.24, 2.45) is 0 Å². The number of unbranched alkanes of at least 4 members (excludes halogenated alkanes) is 1. The van der Waals surface area contributed by atoms with Gasteiger partial charge in [-0.25, -0.2) is 9.18 Å². The topological polar surface area (TPSA) is 54.4 Å². The summed E-state index contributed by atoms with van der Waals surface area (Å²) in [5.74, 6) is -1.96. The summed E-state index contributed by atoms with van der Waals surface area (Å²) in [4.78, 5) is 10.2. The summed E-state index contributed by atoms with van der Waals surface area (Å²) in [6.45, 7) is 2.92. The molecule has 1 aromatic carbocycles. The molecule has 154 valence electrons. The van der Waals surface area contributed by atoms with E-state index in [9.17, 15) is 39.7 Å². The van der Waals surface area contributed by atoms with Gasteiger partial charge in [-0.1, -0.05) is 26.3 Å². The van der Waals surface area contributed by atoms with E-state index in [1.807, 2.05) is 0 Å². The van der Waals surface area contributed by atoms with Crippen LogP contribution in [0.25, 0.3) is 0 Å². The van der Waals surface area contributed by atoms with E-state index in [0.29, 0.717) is 12.5 Å². The smallest absolute Gasteiger partial charge is 0.435 e. The Bertz CT molecular complexity index is 712. The number of carboxylic acids is 1. The average Bonchev–Trinajstić information content (AvgIpc) is 2.55. The highest BCUT2D eigenvalue weighted by atomic mass is 32.2. The van der Waals surface area contributed by atoms with Gasteiger partial charge >= 0.3 is 24.0 Å². The predicted octanol–water partition coefficient (Wildman–Crippen LogP) is 5.14. The standard InChI is InChI=1S/C16H17F7O3S/c1-3-5-8-27(26)12-9(4-2)10(13(24)25)6-7-11(12)14(17,15(18,19)20)16(21,22)23/h6-7H,3-5,8H2,1-2H3,(H,24,25). The summed E-state index contributed by atoms with van der Waals surface area (Å²) in [7, 11) is -2.45. The van der Waals surface area contributed by atoms with E-state index in [4.69, 9.17) is 5.11 Å². The first-order valence-electron chi connectivity index (χ1n) is 7.84. The largest absolute Gasteiger partial charge is 0.478 e. The van der Waals surface area contributed by atoms with Gasteiger partial charge in [0.25, 0.3) is 0 Å². The molecule has 1 unspecified atom stereocenters. The second kappa shape index (κ2) is 8.15. The second-order valence-electron chi connectivity index (χ2n) is 5.68. The highest BCUT2D eigenvalue weighted by Gasteiger charge is 2.74. The first kappa shape index (κ1) is 23.4. The monoisotopic (exact) mass is 422 g/mol. The van der Waals surface area contributed by atoms with Gasteiger partial charge in [-0.05, 0) is 24.5 Å². The molecule has 1 rings (SSSR count). The third kappa shape index (κ3) is 4.27. The lowest BCUT2D eigenvalue weighted by Crippen LogP contribution is -2.51. The molecule has 3 nitrogen and oxygen atoms in total. The molecule has 0 aliphatic rings. The first-order chi connectivity index (χ1) is 12.2. The van der Waals surface area contributed by atoms with Gasteiger partial charge in [-0.2, -0.15) is 26.3 Å². The molecule has 0 fully saturated rings. The number of rotatable bonds is 7. The lowest BCUT2D eigenvalue weighted by atomic mass is 9.90. The fourth-order valence-corrected chi connectivity index (χ4v) is 4.29. The Morgan fingerprint density at radius 2 is 1.56 bits per heavy atom. The van der Waals surface area contributed by atoms with Crippen LogP contribution in [0, 0.1) is 0 Å². The fourth-order valence-electron chi connectivity index (χ4n) is 2.55. The van der Waals surface area contributed by atoms with Crippen molar-refractivity contribution in [3.05, 3.63) is 28.8 Å². The number of aromatic carboxylic acids is 1. The van der Waals surface area contributed by atoms with Crippen LogP contribution in [0.3, 0.4) is 0 Å². The third-order valence-electron chi connectivity index (χ3n) is 3.91. The summed E-state index contributed by atoms with van der Waals surface area (Å²) in [6, 6.07) is 0.589. The van der Waals surface area contributed by atoms with E-state index >= 15 is 0 Å². The van der Waals surface area contributed by atoms with Crippen molar-refractivity contribution in [3.63, 3.8) is 0 Å². The Morgan fingerprint density at radius 3 is 1.93 bits per heavy atom. The summed E-state index contributed by atoms with van der Waals surface area (Å²) >= 11 is 0. The minimum Gasteiger partial charge on any atom is -0.478 e. The zero-order chi connectivity index (χ0) is 21.2. The van der Waals surface area contributed by atoms with Crippen molar-refractivity contribution in [3.8, 4) is 0 Å². The van der Waals surface area contributed by atoms with E-state index in [0.717, 1.165) is 0 Å². The zero-order valence-electron chi connectivity index (χ0n) is 14.3. The molecule has 11 heteroatoms. The molecule has 0 amide bonds. The quantitative estimate of drug-likeness (QED) is 0.619. The van der Waals surface area contributed by atoms with Crippen LogP contribution in [0.2, 0.25) is 0 Å². The Hall–Kier alpha value is -1.65. The minimum absolute atomic E-state index is 0.114. The van der Waals surface area contributed by atoms with Gasteiger partial charge < -0.3 is 5.11 Å². The van der Waals surface area contributed by atoms with Crippen LogP contribution in [-0.4, -0.2) is 33.4 Å². The summed E-state index contributed by atoms with van der Waals surface area (Å²) in [5, 5.41) is 9.16. The van der Waals surface area contributed by atoms with Gasteiger partial charge in [-0.3, -0.25) is 4.21 Å². The number of halogens is 7. The maximum absolute atomic E-state index is 14.6. The molecule has 27 heavy (non-hydrogen) atoms. The van der Waals surface area contributed by atoms with E-state index in [-0.39, 0.29) is 24.7 Å². The van der Waals surface area contributed by atoms with Gasteiger partial charge in [0.15, 0.2) is 0 Å². The molecule has 0 aromatic heterocycles.